The smallest absolute Gasteiger partial charge is 0.274 e. The summed E-state index contributed by atoms with van der Waals surface area (Å²) >= 11 is 0. The van der Waals surface area contributed by atoms with Gasteiger partial charge in [0.2, 0.25) is 0 Å². The van der Waals surface area contributed by atoms with Crippen LogP contribution in [0, 0.1) is 23.4 Å². The molecule has 0 radical (unpaired) electrons. The molecule has 6 nitrogen and oxygen atoms in total. The number of nitrogens with one attached hydrogen (secondary N) is 1. The Hall–Kier alpha value is -3.46. The quantitative estimate of drug-likeness (QED) is 0.526. The van der Waals surface area contributed by atoms with E-state index < -0.39 is 40.4 Å². The molecule has 1 aliphatic carbocycles. The highest BCUT2D eigenvalue weighted by Crippen LogP contribution is 2.38. The number of hydrogen-bond donors (Lipinski definition) is 3. The van der Waals surface area contributed by atoms with E-state index >= 15 is 0 Å². The van der Waals surface area contributed by atoms with Crippen LogP contribution in [0.2, 0.25) is 0 Å². The predicted octanol–water partition coefficient (Wildman–Crippen LogP) is 4.75. The summed E-state index contributed by atoms with van der Waals surface area (Å²) in [4.78, 5) is 20.9. The molecule has 1 saturated carbocycles. The highest BCUT2D eigenvalue weighted by Gasteiger charge is 2.28. The van der Waals surface area contributed by atoms with E-state index in [1.807, 2.05) is 6.07 Å². The number of pyridine rings is 2. The second-order valence-corrected chi connectivity index (χ2v) is 8.47. The topological polar surface area (TPSA) is 101 Å². The second kappa shape index (κ2) is 9.19. The van der Waals surface area contributed by atoms with E-state index in [0.29, 0.717) is 11.6 Å². The van der Waals surface area contributed by atoms with Gasteiger partial charge in [-0.15, -0.1) is 0 Å². The van der Waals surface area contributed by atoms with Crippen LogP contribution in [0.25, 0.3) is 11.3 Å². The van der Waals surface area contributed by atoms with Gasteiger partial charge in [-0.2, -0.15) is 0 Å². The number of amides is 1. The van der Waals surface area contributed by atoms with Gasteiger partial charge in [-0.1, -0.05) is 6.92 Å². The van der Waals surface area contributed by atoms with Crippen LogP contribution in [-0.2, 0) is 0 Å². The van der Waals surface area contributed by atoms with Gasteiger partial charge in [0.15, 0.2) is 11.6 Å². The Bertz CT molecular complexity index is 1190. The first-order valence-corrected chi connectivity index (χ1v) is 10.6. The summed E-state index contributed by atoms with van der Waals surface area (Å²) in [6.45, 7) is 2.13. The molecule has 33 heavy (non-hydrogen) atoms. The standard InChI is InChI=1S/C24H23F3N4O2/c1-12-8-13(10-14(28)9-12)15-6-7-29-11-19(15)31-24(33)18-4-2-17(26)23(30-18)21-16(25)3-5-20(32)22(21)27/h2-7,11-14,32H,8-10,28H2,1H3,(H,31,33)/t12-,13+,14+/m0/s1. The van der Waals surface area contributed by atoms with E-state index in [0.717, 1.165) is 49.1 Å². The Morgan fingerprint density at radius 1 is 1.09 bits per heavy atom. The van der Waals surface area contributed by atoms with Gasteiger partial charge in [0.05, 0.1) is 17.4 Å². The van der Waals surface area contributed by atoms with E-state index in [4.69, 9.17) is 5.73 Å². The minimum atomic E-state index is -1.36. The molecule has 1 aromatic carbocycles. The third-order valence-electron chi connectivity index (χ3n) is 5.91. The number of phenols is 1. The van der Waals surface area contributed by atoms with Crippen LogP contribution in [0.3, 0.4) is 0 Å². The minimum Gasteiger partial charge on any atom is -0.505 e. The molecule has 2 aromatic heterocycles. The Labute approximate surface area is 188 Å². The van der Waals surface area contributed by atoms with Crippen molar-refractivity contribution < 1.29 is 23.1 Å². The van der Waals surface area contributed by atoms with Gasteiger partial charge >= 0.3 is 0 Å². The number of halogens is 3. The third kappa shape index (κ3) is 4.68. The number of rotatable bonds is 4. The lowest BCUT2D eigenvalue weighted by Gasteiger charge is -2.32. The SMILES string of the molecule is C[C@@H]1C[C@@H](N)C[C@H](c2ccncc2NC(=O)c2ccc(F)c(-c3c(F)ccc(O)c3F)n2)C1. The number of carbonyl (C=O) groups is 1. The first-order chi connectivity index (χ1) is 15.7. The van der Waals surface area contributed by atoms with Crippen LogP contribution in [-0.4, -0.2) is 27.0 Å². The zero-order valence-corrected chi connectivity index (χ0v) is 17.9. The first kappa shape index (κ1) is 22.7. The van der Waals surface area contributed by atoms with Crippen LogP contribution in [0.5, 0.6) is 5.75 Å². The number of aromatic nitrogens is 2. The van der Waals surface area contributed by atoms with E-state index in [1.165, 1.54) is 6.20 Å². The number of nitrogens with zero attached hydrogens (tertiary/aromatic N) is 2. The average molecular weight is 456 g/mol. The lowest BCUT2D eigenvalue weighted by molar-refractivity contribution is 0.102. The average Bonchev–Trinajstić information content (AvgIpc) is 2.77. The van der Waals surface area contributed by atoms with Crippen molar-refractivity contribution in [3.05, 3.63) is 71.4 Å². The fraction of sp³-hybridized carbons (Fsp3) is 0.292. The molecule has 9 heteroatoms. The van der Waals surface area contributed by atoms with Gasteiger partial charge in [0, 0.05) is 12.2 Å². The van der Waals surface area contributed by atoms with Crippen LogP contribution in [0.1, 0.15) is 48.2 Å². The number of anilines is 1. The summed E-state index contributed by atoms with van der Waals surface area (Å²) < 4.78 is 42.9. The van der Waals surface area contributed by atoms with Gasteiger partial charge in [-0.25, -0.2) is 18.2 Å². The molecule has 2 heterocycles. The van der Waals surface area contributed by atoms with E-state index in [2.05, 4.69) is 22.2 Å². The molecule has 0 bridgehead atoms. The molecule has 1 amide bonds. The minimum absolute atomic E-state index is 0.0591. The van der Waals surface area contributed by atoms with Crippen molar-refractivity contribution in [2.24, 2.45) is 11.7 Å². The molecule has 0 aliphatic heterocycles. The Morgan fingerprint density at radius 3 is 2.61 bits per heavy atom. The molecule has 0 spiro atoms. The number of carbonyl (C=O) groups excluding carboxylic acids is 1. The van der Waals surface area contributed by atoms with Crippen molar-refractivity contribution in [3.63, 3.8) is 0 Å². The summed E-state index contributed by atoms with van der Waals surface area (Å²) in [6, 6.07) is 5.49. The number of benzene rings is 1. The van der Waals surface area contributed by atoms with Gasteiger partial charge in [-0.05, 0) is 67.0 Å². The van der Waals surface area contributed by atoms with E-state index in [1.54, 1.807) is 6.20 Å². The summed E-state index contributed by atoms with van der Waals surface area (Å²) in [5, 5.41) is 12.3. The second-order valence-electron chi connectivity index (χ2n) is 8.47. The van der Waals surface area contributed by atoms with Crippen molar-refractivity contribution in [3.8, 4) is 17.0 Å². The number of hydrogen-bond acceptors (Lipinski definition) is 5. The zero-order valence-electron chi connectivity index (χ0n) is 17.9. The fourth-order valence-corrected chi connectivity index (χ4v) is 4.47. The van der Waals surface area contributed by atoms with Crippen molar-refractivity contribution >= 4 is 11.6 Å². The molecular formula is C24H23F3N4O2. The van der Waals surface area contributed by atoms with Gasteiger partial charge < -0.3 is 16.2 Å². The Morgan fingerprint density at radius 2 is 1.85 bits per heavy atom. The maximum absolute atomic E-state index is 14.4. The zero-order chi connectivity index (χ0) is 23.7. The summed E-state index contributed by atoms with van der Waals surface area (Å²) in [5.41, 5.74) is 5.72. The molecular weight excluding hydrogens is 433 g/mol. The molecule has 0 saturated heterocycles. The number of nitrogens with two attached hydrogens (primary N) is 1. The molecule has 1 fully saturated rings. The largest absolute Gasteiger partial charge is 0.505 e. The summed E-state index contributed by atoms with van der Waals surface area (Å²) in [6.07, 6.45) is 5.77. The molecule has 3 aromatic rings. The number of phenolic OH excluding ortho intramolecular Hbond substituents is 1. The maximum atomic E-state index is 14.4. The summed E-state index contributed by atoms with van der Waals surface area (Å²) in [5.74, 6) is -4.51. The maximum Gasteiger partial charge on any atom is 0.274 e. The van der Waals surface area contributed by atoms with E-state index in [9.17, 15) is 23.1 Å². The van der Waals surface area contributed by atoms with Crippen molar-refractivity contribution in [2.75, 3.05) is 5.32 Å². The monoisotopic (exact) mass is 456 g/mol. The van der Waals surface area contributed by atoms with Crippen molar-refractivity contribution in [1.29, 1.82) is 0 Å². The Kier molecular flexibility index (Phi) is 6.33. The van der Waals surface area contributed by atoms with Crippen LogP contribution >= 0.6 is 0 Å². The van der Waals surface area contributed by atoms with Crippen LogP contribution in [0.15, 0.2) is 42.7 Å². The molecule has 4 N–H and O–H groups in total. The normalized spacial score (nSPS) is 20.5. The highest BCUT2D eigenvalue weighted by atomic mass is 19.1. The molecule has 3 atom stereocenters. The predicted molar refractivity (Wildman–Crippen MR) is 117 cm³/mol. The fourth-order valence-electron chi connectivity index (χ4n) is 4.47. The van der Waals surface area contributed by atoms with E-state index in [-0.39, 0.29) is 17.7 Å². The van der Waals surface area contributed by atoms with Crippen LogP contribution in [0.4, 0.5) is 18.9 Å². The Balaban J connectivity index is 1.65. The van der Waals surface area contributed by atoms with Crippen molar-refractivity contribution in [2.45, 2.75) is 38.1 Å². The van der Waals surface area contributed by atoms with Crippen LogP contribution < -0.4 is 11.1 Å². The lowest BCUT2D eigenvalue weighted by atomic mass is 9.76. The number of aromatic hydroxyl groups is 1. The molecule has 0 unspecified atom stereocenters. The van der Waals surface area contributed by atoms with Gasteiger partial charge in [0.1, 0.15) is 23.0 Å². The van der Waals surface area contributed by atoms with Crippen molar-refractivity contribution in [1.82, 2.24) is 9.97 Å². The third-order valence-corrected chi connectivity index (χ3v) is 5.91. The summed E-state index contributed by atoms with van der Waals surface area (Å²) in [7, 11) is 0. The highest BCUT2D eigenvalue weighted by molar-refractivity contribution is 6.03. The molecule has 172 valence electrons. The molecule has 1 aliphatic rings. The van der Waals surface area contributed by atoms with Gasteiger partial charge in [-0.3, -0.25) is 9.78 Å². The van der Waals surface area contributed by atoms with Gasteiger partial charge in [0.25, 0.3) is 5.91 Å². The lowest BCUT2D eigenvalue weighted by Crippen LogP contribution is -2.31. The molecule has 4 rings (SSSR count). The first-order valence-electron chi connectivity index (χ1n) is 10.6.